The maximum Gasteiger partial charge on any atom is 0.267 e. The highest BCUT2D eigenvalue weighted by atomic mass is 32.2. The summed E-state index contributed by atoms with van der Waals surface area (Å²) in [5, 5.41) is 1.56. The first-order valence-corrected chi connectivity index (χ1v) is 11.6. The topological polar surface area (TPSA) is 47.8 Å². The molecule has 0 radical (unpaired) electrons. The second-order valence-electron chi connectivity index (χ2n) is 7.47. The van der Waals surface area contributed by atoms with Gasteiger partial charge in [-0.2, -0.15) is 0 Å². The van der Waals surface area contributed by atoms with Crippen LogP contribution >= 0.6 is 23.1 Å². The number of hydrogen-bond acceptors (Lipinski definition) is 5. The van der Waals surface area contributed by atoms with Crippen LogP contribution in [0.25, 0.3) is 15.9 Å². The van der Waals surface area contributed by atoms with Crippen molar-refractivity contribution in [1.82, 2.24) is 14.5 Å². The van der Waals surface area contributed by atoms with E-state index in [1.165, 1.54) is 16.0 Å². The monoisotopic (exact) mass is 419 g/mol. The zero-order valence-electron chi connectivity index (χ0n) is 16.4. The predicted octanol–water partition coefficient (Wildman–Crippen LogP) is 5.24. The molecule has 0 bridgehead atoms. The first kappa shape index (κ1) is 18.6. The summed E-state index contributed by atoms with van der Waals surface area (Å²) >= 11 is 3.27. The second-order valence-corrected chi connectivity index (χ2v) is 9.50. The van der Waals surface area contributed by atoms with E-state index < -0.39 is 0 Å². The molecule has 6 heteroatoms. The highest BCUT2D eigenvalue weighted by Crippen LogP contribution is 2.36. The molecule has 1 aliphatic carbocycles. The first-order chi connectivity index (χ1) is 14.1. The molecule has 0 unspecified atom stereocenters. The van der Waals surface area contributed by atoms with Crippen LogP contribution in [0.5, 0.6) is 0 Å². The van der Waals surface area contributed by atoms with Crippen molar-refractivity contribution in [3.05, 3.63) is 80.2 Å². The van der Waals surface area contributed by atoms with Crippen molar-refractivity contribution >= 4 is 33.3 Å². The zero-order chi connectivity index (χ0) is 20.0. The van der Waals surface area contributed by atoms with Gasteiger partial charge in [0.05, 0.1) is 16.8 Å². The van der Waals surface area contributed by atoms with E-state index in [-0.39, 0.29) is 5.56 Å². The van der Waals surface area contributed by atoms with Gasteiger partial charge in [-0.3, -0.25) is 14.3 Å². The average molecular weight is 420 g/mol. The maximum atomic E-state index is 13.7. The summed E-state index contributed by atoms with van der Waals surface area (Å²) in [5.41, 5.74) is 5.45. The summed E-state index contributed by atoms with van der Waals surface area (Å²) in [6.45, 7) is 4.13. The SMILES string of the molecule is Cc1ccc(-n2c(SCc3ccccn3)nc3sc4c(c3c2=O)CCC4)c(C)c1. The number of benzene rings is 1. The van der Waals surface area contributed by atoms with Crippen LogP contribution in [0, 0.1) is 13.8 Å². The smallest absolute Gasteiger partial charge is 0.267 e. The van der Waals surface area contributed by atoms with E-state index in [1.54, 1.807) is 29.3 Å². The number of fused-ring (bicyclic) bond motifs is 3. The Labute approximate surface area is 177 Å². The molecule has 0 saturated heterocycles. The lowest BCUT2D eigenvalue weighted by Gasteiger charge is -2.15. The zero-order valence-corrected chi connectivity index (χ0v) is 18.1. The number of aryl methyl sites for hydroxylation is 4. The number of pyridine rings is 1. The van der Waals surface area contributed by atoms with Gasteiger partial charge >= 0.3 is 0 Å². The average Bonchev–Trinajstić information content (AvgIpc) is 3.29. The molecule has 4 nitrogen and oxygen atoms in total. The number of hydrogen-bond donors (Lipinski definition) is 0. The van der Waals surface area contributed by atoms with E-state index in [4.69, 9.17) is 4.98 Å². The van der Waals surface area contributed by atoms with Crippen LogP contribution in [-0.2, 0) is 18.6 Å². The fourth-order valence-electron chi connectivity index (χ4n) is 4.01. The van der Waals surface area contributed by atoms with E-state index in [0.717, 1.165) is 51.6 Å². The molecule has 29 heavy (non-hydrogen) atoms. The van der Waals surface area contributed by atoms with Gasteiger partial charge in [-0.05, 0) is 62.4 Å². The Morgan fingerprint density at radius 2 is 2.07 bits per heavy atom. The molecule has 4 aromatic rings. The van der Waals surface area contributed by atoms with Crippen LogP contribution in [0.2, 0.25) is 0 Å². The van der Waals surface area contributed by atoms with Crippen molar-refractivity contribution in [2.75, 3.05) is 0 Å². The molecule has 0 N–H and O–H groups in total. The molecular weight excluding hydrogens is 398 g/mol. The van der Waals surface area contributed by atoms with Gasteiger partial charge in [0.1, 0.15) is 4.83 Å². The lowest BCUT2D eigenvalue weighted by Crippen LogP contribution is -2.22. The Morgan fingerprint density at radius 3 is 2.86 bits per heavy atom. The molecule has 0 spiro atoms. The summed E-state index contributed by atoms with van der Waals surface area (Å²) in [7, 11) is 0. The number of nitrogens with zero attached hydrogens (tertiary/aromatic N) is 3. The minimum Gasteiger partial charge on any atom is -0.268 e. The molecule has 146 valence electrons. The molecule has 0 fully saturated rings. The van der Waals surface area contributed by atoms with Crippen molar-refractivity contribution in [1.29, 1.82) is 0 Å². The summed E-state index contributed by atoms with van der Waals surface area (Å²) in [4.78, 5) is 25.3. The van der Waals surface area contributed by atoms with Crippen LogP contribution in [0.4, 0.5) is 0 Å². The Kier molecular flexibility index (Phi) is 4.76. The van der Waals surface area contributed by atoms with E-state index in [9.17, 15) is 4.79 Å². The van der Waals surface area contributed by atoms with Crippen LogP contribution in [-0.4, -0.2) is 14.5 Å². The minimum atomic E-state index is 0.0601. The largest absolute Gasteiger partial charge is 0.268 e. The van der Waals surface area contributed by atoms with Gasteiger partial charge < -0.3 is 0 Å². The van der Waals surface area contributed by atoms with Gasteiger partial charge in [0, 0.05) is 16.8 Å². The molecule has 0 aliphatic heterocycles. The number of rotatable bonds is 4. The van der Waals surface area contributed by atoms with Gasteiger partial charge in [-0.25, -0.2) is 4.98 Å². The summed E-state index contributed by atoms with van der Waals surface area (Å²) in [6.07, 6.45) is 4.99. The van der Waals surface area contributed by atoms with Crippen molar-refractivity contribution < 1.29 is 0 Å². The third kappa shape index (κ3) is 3.30. The predicted molar refractivity (Wildman–Crippen MR) is 121 cm³/mol. The molecular formula is C23H21N3OS2. The summed E-state index contributed by atoms with van der Waals surface area (Å²) in [5.74, 6) is 0.675. The molecule has 0 amide bonds. The van der Waals surface area contributed by atoms with Crippen LogP contribution in [0.1, 0.15) is 33.7 Å². The van der Waals surface area contributed by atoms with Crippen molar-refractivity contribution in [2.45, 2.75) is 44.0 Å². The molecule has 0 saturated carbocycles. The lowest BCUT2D eigenvalue weighted by molar-refractivity contribution is 0.814. The molecule has 0 atom stereocenters. The highest BCUT2D eigenvalue weighted by molar-refractivity contribution is 7.98. The highest BCUT2D eigenvalue weighted by Gasteiger charge is 2.24. The van der Waals surface area contributed by atoms with Gasteiger partial charge in [0.15, 0.2) is 5.16 Å². The van der Waals surface area contributed by atoms with Crippen LogP contribution < -0.4 is 5.56 Å². The molecule has 5 rings (SSSR count). The van der Waals surface area contributed by atoms with E-state index in [1.807, 2.05) is 28.8 Å². The second kappa shape index (κ2) is 7.43. The number of thioether (sulfide) groups is 1. The van der Waals surface area contributed by atoms with Crippen molar-refractivity contribution in [3.63, 3.8) is 0 Å². The molecule has 3 aromatic heterocycles. The molecule has 1 aliphatic rings. The van der Waals surface area contributed by atoms with Crippen LogP contribution in [0.15, 0.2) is 52.5 Å². The standard InChI is InChI=1S/C23H21N3OS2/c1-14-9-10-18(15(2)12-14)26-22(27)20-17-7-5-8-19(17)29-21(20)25-23(26)28-13-16-6-3-4-11-24-16/h3-4,6,9-12H,5,7-8,13H2,1-2H3. The fraction of sp³-hybridized carbons (Fsp3) is 0.261. The Bertz CT molecular complexity index is 1280. The number of aromatic nitrogens is 3. The normalized spacial score (nSPS) is 13.2. The van der Waals surface area contributed by atoms with E-state index in [0.29, 0.717) is 5.75 Å². The Morgan fingerprint density at radius 1 is 1.17 bits per heavy atom. The third-order valence-corrected chi connectivity index (χ3v) is 7.53. The molecule has 3 heterocycles. The van der Waals surface area contributed by atoms with E-state index >= 15 is 0 Å². The fourth-order valence-corrected chi connectivity index (χ4v) is 6.24. The van der Waals surface area contributed by atoms with Gasteiger partial charge in [0.2, 0.25) is 0 Å². The maximum absolute atomic E-state index is 13.7. The van der Waals surface area contributed by atoms with Gasteiger partial charge in [0.25, 0.3) is 5.56 Å². The van der Waals surface area contributed by atoms with Crippen LogP contribution in [0.3, 0.4) is 0 Å². The van der Waals surface area contributed by atoms with Gasteiger partial charge in [-0.1, -0.05) is 35.5 Å². The molecule has 1 aromatic carbocycles. The Hall–Kier alpha value is -2.44. The quantitative estimate of drug-likeness (QED) is 0.335. The lowest BCUT2D eigenvalue weighted by atomic mass is 10.1. The Balaban J connectivity index is 1.70. The third-order valence-electron chi connectivity index (χ3n) is 5.38. The van der Waals surface area contributed by atoms with E-state index in [2.05, 4.69) is 31.0 Å². The summed E-state index contributed by atoms with van der Waals surface area (Å²) < 4.78 is 1.82. The summed E-state index contributed by atoms with van der Waals surface area (Å²) in [6, 6.07) is 12.1. The number of thiophene rings is 1. The first-order valence-electron chi connectivity index (χ1n) is 9.79. The van der Waals surface area contributed by atoms with Crippen molar-refractivity contribution in [2.24, 2.45) is 0 Å². The minimum absolute atomic E-state index is 0.0601. The van der Waals surface area contributed by atoms with Crippen molar-refractivity contribution in [3.8, 4) is 5.69 Å². The van der Waals surface area contributed by atoms with Gasteiger partial charge in [-0.15, -0.1) is 11.3 Å².